The van der Waals surface area contributed by atoms with Gasteiger partial charge >= 0.3 is 0 Å². The highest BCUT2D eigenvalue weighted by Crippen LogP contribution is 2.29. The molecular weight excluding hydrogens is 416 g/mol. The molecule has 0 saturated carbocycles. The lowest BCUT2D eigenvalue weighted by molar-refractivity contribution is 0.0511. The molecule has 0 N–H and O–H groups in total. The predicted molar refractivity (Wildman–Crippen MR) is 115 cm³/mol. The third-order valence-corrected chi connectivity index (χ3v) is 6.46. The van der Waals surface area contributed by atoms with E-state index in [-0.39, 0.29) is 17.6 Å². The molecule has 31 heavy (non-hydrogen) atoms. The molecule has 0 aliphatic carbocycles. The Morgan fingerprint density at radius 2 is 1.65 bits per heavy atom. The Hall–Kier alpha value is -3.07. The van der Waals surface area contributed by atoms with Gasteiger partial charge in [-0.05, 0) is 32.9 Å². The number of piperazine rings is 1. The summed E-state index contributed by atoms with van der Waals surface area (Å²) in [4.78, 5) is 30.2. The van der Waals surface area contributed by atoms with E-state index < -0.39 is 0 Å². The quantitative estimate of drug-likeness (QED) is 0.561. The van der Waals surface area contributed by atoms with Gasteiger partial charge in [0.25, 0.3) is 11.8 Å². The van der Waals surface area contributed by atoms with E-state index in [1.807, 2.05) is 38.1 Å². The van der Waals surface area contributed by atoms with Crippen LogP contribution >= 0.6 is 11.8 Å². The molecule has 3 heterocycles. The summed E-state index contributed by atoms with van der Waals surface area (Å²) in [6.45, 7) is 7.45. The zero-order valence-corrected chi connectivity index (χ0v) is 18.6. The van der Waals surface area contributed by atoms with Crippen LogP contribution in [0.5, 0.6) is 0 Å². The van der Waals surface area contributed by atoms with Gasteiger partial charge in [-0.15, -0.1) is 11.8 Å². The van der Waals surface area contributed by atoms with Crippen LogP contribution in [0.1, 0.15) is 43.6 Å². The van der Waals surface area contributed by atoms with Crippen LogP contribution < -0.4 is 0 Å². The smallest absolute Gasteiger partial charge is 0.292 e. The minimum atomic E-state index is -0.192. The topological polar surface area (TPSA) is 92.7 Å². The van der Waals surface area contributed by atoms with Crippen LogP contribution in [-0.2, 0) is 5.75 Å². The molecule has 0 radical (unpaired) electrons. The first kappa shape index (κ1) is 21.2. The summed E-state index contributed by atoms with van der Waals surface area (Å²) < 4.78 is 10.3. The largest absolute Gasteiger partial charge is 0.361 e. The molecule has 9 heteroatoms. The summed E-state index contributed by atoms with van der Waals surface area (Å²) in [7, 11) is 0. The normalized spacial score (nSPS) is 14.2. The highest BCUT2D eigenvalue weighted by atomic mass is 32.2. The SMILES string of the molecule is Cc1cc(C(=O)N2CCN(C(=O)c3ccccc3SCc3c(C)noc3C)CC2)on1. The van der Waals surface area contributed by atoms with Crippen molar-refractivity contribution in [2.45, 2.75) is 31.4 Å². The summed E-state index contributed by atoms with van der Waals surface area (Å²) in [5.41, 5.74) is 3.27. The van der Waals surface area contributed by atoms with Gasteiger partial charge in [-0.2, -0.15) is 0 Å². The van der Waals surface area contributed by atoms with Crippen molar-refractivity contribution in [2.75, 3.05) is 26.2 Å². The minimum Gasteiger partial charge on any atom is -0.361 e. The first-order valence-electron chi connectivity index (χ1n) is 10.1. The number of hydrogen-bond acceptors (Lipinski definition) is 7. The average Bonchev–Trinajstić information content (AvgIpc) is 3.36. The van der Waals surface area contributed by atoms with E-state index in [9.17, 15) is 9.59 Å². The molecule has 0 unspecified atom stereocenters. The van der Waals surface area contributed by atoms with Crippen LogP contribution in [0, 0.1) is 20.8 Å². The van der Waals surface area contributed by atoms with Crippen molar-refractivity contribution in [3.63, 3.8) is 0 Å². The van der Waals surface area contributed by atoms with E-state index in [2.05, 4.69) is 10.3 Å². The molecule has 1 aliphatic heterocycles. The van der Waals surface area contributed by atoms with Crippen LogP contribution in [0.2, 0.25) is 0 Å². The van der Waals surface area contributed by atoms with E-state index in [0.717, 1.165) is 21.9 Å². The van der Waals surface area contributed by atoms with Crippen molar-refractivity contribution in [1.29, 1.82) is 0 Å². The van der Waals surface area contributed by atoms with E-state index in [1.165, 1.54) is 0 Å². The molecule has 0 spiro atoms. The molecule has 1 aromatic carbocycles. The Morgan fingerprint density at radius 3 is 2.26 bits per heavy atom. The molecule has 8 nitrogen and oxygen atoms in total. The van der Waals surface area contributed by atoms with Crippen LogP contribution in [0.3, 0.4) is 0 Å². The Labute approximate surface area is 184 Å². The van der Waals surface area contributed by atoms with Crippen molar-refractivity contribution in [1.82, 2.24) is 20.1 Å². The first-order chi connectivity index (χ1) is 14.9. The average molecular weight is 441 g/mol. The highest BCUT2D eigenvalue weighted by Gasteiger charge is 2.28. The minimum absolute atomic E-state index is 0.0236. The van der Waals surface area contributed by atoms with Gasteiger partial charge in [0.2, 0.25) is 5.76 Å². The maximum Gasteiger partial charge on any atom is 0.292 e. The molecule has 1 saturated heterocycles. The van der Waals surface area contributed by atoms with Crippen LogP contribution in [0.4, 0.5) is 0 Å². The number of hydrogen-bond donors (Lipinski definition) is 0. The highest BCUT2D eigenvalue weighted by molar-refractivity contribution is 7.98. The fraction of sp³-hybridized carbons (Fsp3) is 0.364. The Bertz CT molecular complexity index is 1080. The lowest BCUT2D eigenvalue weighted by Gasteiger charge is -2.34. The fourth-order valence-corrected chi connectivity index (χ4v) is 4.73. The van der Waals surface area contributed by atoms with E-state index in [4.69, 9.17) is 9.05 Å². The summed E-state index contributed by atoms with van der Waals surface area (Å²) in [6.07, 6.45) is 0. The first-order valence-corrected chi connectivity index (χ1v) is 11.1. The molecule has 3 aromatic rings. The standard InChI is InChI=1S/C22H24N4O4S/c1-14-12-19(30-23-14)22(28)26-10-8-25(9-11-26)21(27)17-6-4-5-7-20(17)31-13-18-15(2)24-29-16(18)3/h4-7,12H,8-11,13H2,1-3H3. The van der Waals surface area contributed by atoms with Gasteiger partial charge < -0.3 is 18.8 Å². The number of aromatic nitrogens is 2. The van der Waals surface area contributed by atoms with E-state index in [1.54, 1.807) is 34.6 Å². The van der Waals surface area contributed by atoms with E-state index >= 15 is 0 Å². The van der Waals surface area contributed by atoms with Gasteiger partial charge in [0.05, 0.1) is 17.0 Å². The molecule has 1 fully saturated rings. The number of rotatable bonds is 5. The summed E-state index contributed by atoms with van der Waals surface area (Å²) in [6, 6.07) is 9.25. The van der Waals surface area contributed by atoms with Gasteiger partial charge in [-0.3, -0.25) is 9.59 Å². The number of carbonyl (C=O) groups excluding carboxylic acids is 2. The number of thioether (sulfide) groups is 1. The third-order valence-electron chi connectivity index (χ3n) is 5.36. The van der Waals surface area contributed by atoms with Crippen molar-refractivity contribution in [3.8, 4) is 0 Å². The van der Waals surface area contributed by atoms with Crippen molar-refractivity contribution in [3.05, 3.63) is 64.4 Å². The number of benzene rings is 1. The Kier molecular flexibility index (Phi) is 6.13. The number of nitrogens with zero attached hydrogens (tertiary/aromatic N) is 4. The zero-order valence-electron chi connectivity index (χ0n) is 17.8. The summed E-state index contributed by atoms with van der Waals surface area (Å²) >= 11 is 1.60. The molecule has 4 rings (SSSR count). The zero-order chi connectivity index (χ0) is 22.0. The van der Waals surface area contributed by atoms with Crippen molar-refractivity contribution < 1.29 is 18.6 Å². The van der Waals surface area contributed by atoms with Crippen molar-refractivity contribution in [2.24, 2.45) is 0 Å². The number of aryl methyl sites for hydroxylation is 3. The second-order valence-corrected chi connectivity index (χ2v) is 8.52. The van der Waals surface area contributed by atoms with E-state index in [0.29, 0.717) is 43.2 Å². The number of carbonyl (C=O) groups is 2. The Balaban J connectivity index is 1.40. The second kappa shape index (κ2) is 8.97. The van der Waals surface area contributed by atoms with Gasteiger partial charge in [0.15, 0.2) is 0 Å². The van der Waals surface area contributed by atoms with Crippen LogP contribution in [0.15, 0.2) is 44.3 Å². The second-order valence-electron chi connectivity index (χ2n) is 7.50. The number of amides is 2. The monoisotopic (exact) mass is 440 g/mol. The Morgan fingerprint density at radius 1 is 0.968 bits per heavy atom. The maximum atomic E-state index is 13.2. The molecular formula is C22H24N4O4S. The third kappa shape index (κ3) is 4.51. The fourth-order valence-electron chi connectivity index (χ4n) is 3.53. The molecule has 0 bridgehead atoms. The van der Waals surface area contributed by atoms with Gasteiger partial charge in [-0.25, -0.2) is 0 Å². The van der Waals surface area contributed by atoms with Gasteiger partial charge in [0, 0.05) is 48.5 Å². The van der Waals surface area contributed by atoms with Crippen LogP contribution in [0.25, 0.3) is 0 Å². The maximum absolute atomic E-state index is 13.2. The molecule has 162 valence electrons. The molecule has 1 aliphatic rings. The van der Waals surface area contributed by atoms with Crippen molar-refractivity contribution >= 4 is 23.6 Å². The lowest BCUT2D eigenvalue weighted by atomic mass is 10.1. The predicted octanol–water partition coefficient (Wildman–Crippen LogP) is 3.48. The van der Waals surface area contributed by atoms with Gasteiger partial charge in [0.1, 0.15) is 5.76 Å². The van der Waals surface area contributed by atoms with Crippen LogP contribution in [-0.4, -0.2) is 58.1 Å². The summed E-state index contributed by atoms with van der Waals surface area (Å²) in [5, 5.41) is 7.77. The molecule has 0 atom stereocenters. The van der Waals surface area contributed by atoms with Gasteiger partial charge in [-0.1, -0.05) is 22.4 Å². The summed E-state index contributed by atoms with van der Waals surface area (Å²) in [5.74, 6) is 1.51. The molecule has 2 amide bonds. The lowest BCUT2D eigenvalue weighted by Crippen LogP contribution is -2.50. The molecule has 2 aromatic heterocycles.